The van der Waals surface area contributed by atoms with Gasteiger partial charge in [0.15, 0.2) is 0 Å². The highest BCUT2D eigenvalue weighted by atomic mass is 32.2. The smallest absolute Gasteiger partial charge is 0.501 e. The molecule has 0 spiro atoms. The summed E-state index contributed by atoms with van der Waals surface area (Å²) in [6, 6.07) is 9.17. The molecule has 3 rings (SSSR count). The Morgan fingerprint density at radius 1 is 1.00 bits per heavy atom. The lowest BCUT2D eigenvalue weighted by Gasteiger charge is -2.37. The fourth-order valence-electron chi connectivity index (χ4n) is 3.15. The highest BCUT2D eigenvalue weighted by Crippen LogP contribution is 2.36. The van der Waals surface area contributed by atoms with Crippen molar-refractivity contribution in [2.75, 3.05) is 31.1 Å². The molecule has 0 aromatic heterocycles. The molecule has 0 saturated carbocycles. The van der Waals surface area contributed by atoms with Crippen molar-refractivity contribution >= 4 is 15.5 Å². The van der Waals surface area contributed by atoms with Crippen LogP contribution in [0.5, 0.6) is 5.75 Å². The number of halogens is 4. The first kappa shape index (κ1) is 20.4. The van der Waals surface area contributed by atoms with Crippen molar-refractivity contribution in [1.29, 1.82) is 0 Å². The molecule has 1 saturated heterocycles. The van der Waals surface area contributed by atoms with Gasteiger partial charge in [0.05, 0.1) is 5.69 Å². The molecular weight excluding hydrogens is 400 g/mol. The molecule has 2 aromatic rings. The third kappa shape index (κ3) is 4.22. The van der Waals surface area contributed by atoms with Crippen LogP contribution in [0.15, 0.2) is 47.4 Å². The number of phenols is 1. The van der Waals surface area contributed by atoms with E-state index >= 15 is 0 Å². The summed E-state index contributed by atoms with van der Waals surface area (Å²) in [5, 5.41) is 9.52. The zero-order valence-corrected chi connectivity index (χ0v) is 15.5. The maximum absolute atomic E-state index is 13.5. The predicted molar refractivity (Wildman–Crippen MR) is 95.2 cm³/mol. The maximum atomic E-state index is 13.5. The lowest BCUT2D eigenvalue weighted by Crippen LogP contribution is -2.46. The number of anilines is 1. The first-order valence-electron chi connectivity index (χ1n) is 8.44. The zero-order chi connectivity index (χ0) is 20.5. The summed E-state index contributed by atoms with van der Waals surface area (Å²) in [5.41, 5.74) is -4.78. The molecule has 0 radical (unpaired) electrons. The van der Waals surface area contributed by atoms with Crippen LogP contribution in [-0.2, 0) is 16.4 Å². The van der Waals surface area contributed by atoms with Crippen molar-refractivity contribution in [2.24, 2.45) is 0 Å². The zero-order valence-electron chi connectivity index (χ0n) is 14.7. The number of alkyl halides is 3. The summed E-state index contributed by atoms with van der Waals surface area (Å²) < 4.78 is 76.1. The van der Waals surface area contributed by atoms with Gasteiger partial charge in [0.1, 0.15) is 16.5 Å². The van der Waals surface area contributed by atoms with Gasteiger partial charge in [-0.1, -0.05) is 12.1 Å². The Morgan fingerprint density at radius 3 is 2.29 bits per heavy atom. The molecule has 1 heterocycles. The minimum atomic E-state index is -5.67. The molecule has 1 N–H and O–H groups in total. The second-order valence-corrected chi connectivity index (χ2v) is 8.40. The predicted octanol–water partition coefficient (Wildman–Crippen LogP) is 3.15. The second-order valence-electron chi connectivity index (χ2n) is 6.49. The van der Waals surface area contributed by atoms with E-state index in [9.17, 15) is 31.1 Å². The Bertz CT molecular complexity index is 956. The maximum Gasteiger partial charge on any atom is 0.501 e. The summed E-state index contributed by atoms with van der Waals surface area (Å²) >= 11 is 0. The quantitative estimate of drug-likeness (QED) is 0.773. The monoisotopic (exact) mass is 418 g/mol. The first-order chi connectivity index (χ1) is 13.1. The van der Waals surface area contributed by atoms with E-state index in [1.807, 2.05) is 11.0 Å². The lowest BCUT2D eigenvalue weighted by molar-refractivity contribution is -0.0435. The van der Waals surface area contributed by atoms with Crippen LogP contribution in [0, 0.1) is 5.82 Å². The van der Waals surface area contributed by atoms with E-state index in [0.717, 1.165) is 17.7 Å². The average molecular weight is 418 g/mol. The Hall–Kier alpha value is -2.33. The van der Waals surface area contributed by atoms with Crippen LogP contribution in [0.4, 0.5) is 23.2 Å². The summed E-state index contributed by atoms with van der Waals surface area (Å²) in [4.78, 5) is 2.48. The summed E-state index contributed by atoms with van der Waals surface area (Å²) in [7, 11) is -5.67. The van der Waals surface area contributed by atoms with Gasteiger partial charge in [-0.05, 0) is 35.9 Å². The van der Waals surface area contributed by atoms with Crippen molar-refractivity contribution < 1.29 is 31.1 Å². The summed E-state index contributed by atoms with van der Waals surface area (Å²) in [5.74, 6) is -0.904. The largest absolute Gasteiger partial charge is 0.508 e. The Labute approximate surface area is 159 Å². The van der Waals surface area contributed by atoms with Gasteiger partial charge in [0.2, 0.25) is 0 Å². The molecule has 1 aliphatic rings. The number of piperazine rings is 1. The molecule has 28 heavy (non-hydrogen) atoms. The molecule has 0 unspecified atom stereocenters. The summed E-state index contributed by atoms with van der Waals surface area (Å²) in [6.45, 7) is 2.05. The van der Waals surface area contributed by atoms with Gasteiger partial charge in [0, 0.05) is 32.7 Å². The van der Waals surface area contributed by atoms with Crippen LogP contribution in [-0.4, -0.2) is 50.1 Å². The standard InChI is InChI=1S/C18H18F4N2O3S/c19-14-4-5-16(17(11-14)28(26,27)18(20,21)22)24-8-6-23(7-9-24)12-13-2-1-3-15(25)10-13/h1-5,10-11,25H,6-9,12H2. The van der Waals surface area contributed by atoms with E-state index in [1.54, 1.807) is 18.2 Å². The van der Waals surface area contributed by atoms with Gasteiger partial charge in [0.25, 0.3) is 9.84 Å². The minimum absolute atomic E-state index is 0.143. The molecule has 0 amide bonds. The molecule has 0 atom stereocenters. The molecule has 152 valence electrons. The van der Waals surface area contributed by atoms with Gasteiger partial charge in [-0.3, -0.25) is 4.90 Å². The van der Waals surface area contributed by atoms with Crippen molar-refractivity contribution in [1.82, 2.24) is 4.90 Å². The number of aromatic hydroxyl groups is 1. The third-order valence-electron chi connectivity index (χ3n) is 4.55. The normalized spacial score (nSPS) is 16.4. The number of hydrogen-bond acceptors (Lipinski definition) is 5. The fourth-order valence-corrected chi connectivity index (χ4v) is 4.14. The molecule has 5 nitrogen and oxygen atoms in total. The van der Waals surface area contributed by atoms with Crippen molar-refractivity contribution in [2.45, 2.75) is 16.9 Å². The van der Waals surface area contributed by atoms with Crippen LogP contribution in [0.3, 0.4) is 0 Å². The van der Waals surface area contributed by atoms with E-state index in [-0.39, 0.29) is 24.5 Å². The van der Waals surface area contributed by atoms with Crippen LogP contribution in [0.1, 0.15) is 5.56 Å². The molecule has 2 aromatic carbocycles. The average Bonchev–Trinajstić information content (AvgIpc) is 2.61. The Morgan fingerprint density at radius 2 is 1.68 bits per heavy atom. The van der Waals surface area contributed by atoms with Crippen LogP contribution in [0.25, 0.3) is 0 Å². The van der Waals surface area contributed by atoms with Gasteiger partial charge >= 0.3 is 5.51 Å². The number of nitrogens with zero attached hydrogens (tertiary/aromatic N) is 2. The first-order valence-corrected chi connectivity index (χ1v) is 9.92. The SMILES string of the molecule is O=S(=O)(c1cc(F)ccc1N1CCN(Cc2cccc(O)c2)CC1)C(F)(F)F. The second kappa shape index (κ2) is 7.59. The van der Waals surface area contributed by atoms with Gasteiger partial charge < -0.3 is 10.0 Å². The van der Waals surface area contributed by atoms with E-state index in [2.05, 4.69) is 0 Å². The molecule has 1 fully saturated rings. The van der Waals surface area contributed by atoms with Crippen molar-refractivity contribution in [3.8, 4) is 5.75 Å². The third-order valence-corrected chi connectivity index (χ3v) is 6.06. The molecular formula is C18H18F4N2O3S. The highest BCUT2D eigenvalue weighted by molar-refractivity contribution is 7.92. The van der Waals surface area contributed by atoms with Crippen LogP contribution >= 0.6 is 0 Å². The fraction of sp³-hybridized carbons (Fsp3) is 0.333. The Balaban J connectivity index is 1.78. The topological polar surface area (TPSA) is 60.9 Å². The van der Waals surface area contributed by atoms with E-state index < -0.39 is 26.1 Å². The number of hydrogen-bond donors (Lipinski definition) is 1. The van der Waals surface area contributed by atoms with Crippen molar-refractivity contribution in [3.63, 3.8) is 0 Å². The highest BCUT2D eigenvalue weighted by Gasteiger charge is 2.48. The van der Waals surface area contributed by atoms with Crippen LogP contribution in [0.2, 0.25) is 0 Å². The van der Waals surface area contributed by atoms with Gasteiger partial charge in [-0.25, -0.2) is 12.8 Å². The number of benzene rings is 2. The number of phenolic OH excluding ortho intramolecular Hbond substituents is 1. The van der Waals surface area contributed by atoms with E-state index in [4.69, 9.17) is 0 Å². The van der Waals surface area contributed by atoms with Crippen molar-refractivity contribution in [3.05, 3.63) is 53.8 Å². The Kier molecular flexibility index (Phi) is 5.53. The molecule has 10 heteroatoms. The van der Waals surface area contributed by atoms with E-state index in [0.29, 0.717) is 25.7 Å². The number of rotatable bonds is 4. The van der Waals surface area contributed by atoms with Gasteiger partial charge in [-0.15, -0.1) is 0 Å². The van der Waals surface area contributed by atoms with Gasteiger partial charge in [-0.2, -0.15) is 13.2 Å². The van der Waals surface area contributed by atoms with Crippen LogP contribution < -0.4 is 4.90 Å². The molecule has 1 aliphatic heterocycles. The molecule has 0 bridgehead atoms. The number of sulfone groups is 1. The lowest BCUT2D eigenvalue weighted by atomic mass is 10.2. The van der Waals surface area contributed by atoms with E-state index in [1.165, 1.54) is 4.90 Å². The summed E-state index contributed by atoms with van der Waals surface area (Å²) in [6.07, 6.45) is 0. The minimum Gasteiger partial charge on any atom is -0.508 e. The molecule has 0 aliphatic carbocycles.